The van der Waals surface area contributed by atoms with Crippen LogP contribution in [0.3, 0.4) is 0 Å². The van der Waals surface area contributed by atoms with E-state index in [1.54, 1.807) is 0 Å². The first-order valence-corrected chi connectivity index (χ1v) is 10.2. The van der Waals surface area contributed by atoms with Crippen LogP contribution in [0.5, 0.6) is 0 Å². The average Bonchev–Trinajstić information content (AvgIpc) is 2.74. The van der Waals surface area contributed by atoms with E-state index in [1.807, 2.05) is 38.1 Å². The molecule has 9 heteroatoms. The van der Waals surface area contributed by atoms with Crippen molar-refractivity contribution >= 4 is 34.8 Å². The highest BCUT2D eigenvalue weighted by Crippen LogP contribution is 2.25. The Morgan fingerprint density at radius 1 is 1.19 bits per heavy atom. The van der Waals surface area contributed by atoms with Gasteiger partial charge >= 0.3 is 0 Å². The van der Waals surface area contributed by atoms with E-state index in [9.17, 15) is 9.59 Å². The van der Waals surface area contributed by atoms with Gasteiger partial charge in [0, 0.05) is 11.9 Å². The van der Waals surface area contributed by atoms with Crippen LogP contribution in [0.2, 0.25) is 0 Å². The summed E-state index contributed by atoms with van der Waals surface area (Å²) in [5, 5.41) is 6.06. The summed E-state index contributed by atoms with van der Waals surface area (Å²) in [6.45, 7) is 5.31. The van der Waals surface area contributed by atoms with Crippen LogP contribution in [0.4, 0.5) is 17.5 Å². The van der Waals surface area contributed by atoms with Crippen molar-refractivity contribution in [1.29, 1.82) is 0 Å². The highest BCUT2D eigenvalue weighted by Gasteiger charge is 2.20. The van der Waals surface area contributed by atoms with Gasteiger partial charge in [-0.3, -0.25) is 9.59 Å². The Bertz CT molecular complexity index is 972. The molecule has 6 N–H and O–H groups in total. The van der Waals surface area contributed by atoms with Gasteiger partial charge in [0.25, 0.3) is 5.91 Å². The maximum atomic E-state index is 11.8. The summed E-state index contributed by atoms with van der Waals surface area (Å²) in [5.41, 5.74) is 14.2. The average molecular weight is 425 g/mol. The van der Waals surface area contributed by atoms with Gasteiger partial charge in [0.1, 0.15) is 17.4 Å². The molecule has 1 aliphatic heterocycles. The number of rotatable bonds is 9. The number of anilines is 3. The normalized spacial score (nSPS) is 14.6. The Hall–Kier alpha value is -3.46. The predicted molar refractivity (Wildman–Crippen MR) is 120 cm³/mol. The van der Waals surface area contributed by atoms with Gasteiger partial charge in [-0.2, -0.15) is 4.98 Å². The van der Waals surface area contributed by atoms with E-state index in [0.717, 1.165) is 17.7 Å². The van der Waals surface area contributed by atoms with Crippen molar-refractivity contribution in [2.45, 2.75) is 32.7 Å². The first-order valence-electron chi connectivity index (χ1n) is 10.2. The summed E-state index contributed by atoms with van der Waals surface area (Å²) in [5.74, 6) is -0.482. The van der Waals surface area contributed by atoms with E-state index >= 15 is 0 Å². The highest BCUT2D eigenvalue weighted by atomic mass is 16.5. The number of ether oxygens (including phenoxy) is 1. The standard InChI is InChI=1S/C22H28N6O3/c1-13(2)11-18(20(24)30)27-22-25-12-17(19(23)29)21(28-22)26-16-5-3-14(4-6-16)15-7-9-31-10-8-15/h3-7,12-13,18H,8-11H2,1-2H3,(H2,23,29)(H2,24,30)(H2,25,26,27,28)/t18-/m1/s1. The number of amides is 2. The van der Waals surface area contributed by atoms with Gasteiger partial charge in [-0.15, -0.1) is 0 Å². The Labute approximate surface area is 181 Å². The third kappa shape index (κ3) is 6.02. The zero-order chi connectivity index (χ0) is 22.4. The Kier molecular flexibility index (Phi) is 7.19. The van der Waals surface area contributed by atoms with Gasteiger partial charge in [0.2, 0.25) is 11.9 Å². The molecular formula is C22H28N6O3. The fraction of sp³-hybridized carbons (Fsp3) is 0.364. The molecule has 0 saturated carbocycles. The fourth-order valence-electron chi connectivity index (χ4n) is 3.29. The second kappa shape index (κ2) is 10.0. The lowest BCUT2D eigenvalue weighted by atomic mass is 10.0. The van der Waals surface area contributed by atoms with Crippen LogP contribution in [-0.2, 0) is 9.53 Å². The maximum Gasteiger partial charge on any atom is 0.254 e. The summed E-state index contributed by atoms with van der Waals surface area (Å²) in [6.07, 6.45) is 4.80. The molecule has 0 bridgehead atoms. The predicted octanol–water partition coefficient (Wildman–Crippen LogP) is 2.43. The van der Waals surface area contributed by atoms with E-state index in [2.05, 4.69) is 26.7 Å². The lowest BCUT2D eigenvalue weighted by molar-refractivity contribution is -0.119. The van der Waals surface area contributed by atoms with Crippen LogP contribution in [-0.4, -0.2) is 41.0 Å². The Morgan fingerprint density at radius 3 is 2.52 bits per heavy atom. The molecule has 0 saturated heterocycles. The first-order chi connectivity index (χ1) is 14.8. The van der Waals surface area contributed by atoms with E-state index in [0.29, 0.717) is 19.6 Å². The number of hydrogen-bond acceptors (Lipinski definition) is 7. The van der Waals surface area contributed by atoms with Crippen molar-refractivity contribution in [1.82, 2.24) is 9.97 Å². The number of primary amides is 2. The number of nitrogens with zero attached hydrogens (tertiary/aromatic N) is 2. The van der Waals surface area contributed by atoms with Gasteiger partial charge in [-0.1, -0.05) is 32.1 Å². The van der Waals surface area contributed by atoms with Crippen molar-refractivity contribution < 1.29 is 14.3 Å². The van der Waals surface area contributed by atoms with Crippen molar-refractivity contribution in [3.63, 3.8) is 0 Å². The number of aromatic nitrogens is 2. The zero-order valence-corrected chi connectivity index (χ0v) is 17.7. The Balaban J connectivity index is 1.81. The van der Waals surface area contributed by atoms with E-state index in [1.165, 1.54) is 11.8 Å². The molecule has 2 aromatic rings. The number of benzene rings is 1. The molecule has 1 aromatic heterocycles. The molecule has 0 unspecified atom stereocenters. The minimum absolute atomic E-state index is 0.140. The first kappa shape index (κ1) is 22.2. The Morgan fingerprint density at radius 2 is 1.94 bits per heavy atom. The number of nitrogens with one attached hydrogen (secondary N) is 2. The second-order valence-corrected chi connectivity index (χ2v) is 7.81. The largest absolute Gasteiger partial charge is 0.377 e. The topological polar surface area (TPSA) is 145 Å². The van der Waals surface area contributed by atoms with Crippen LogP contribution in [0.25, 0.3) is 5.57 Å². The molecule has 0 radical (unpaired) electrons. The summed E-state index contributed by atoms with van der Waals surface area (Å²) in [6, 6.07) is 7.16. The minimum Gasteiger partial charge on any atom is -0.377 e. The van der Waals surface area contributed by atoms with Crippen molar-refractivity contribution in [3.05, 3.63) is 47.7 Å². The van der Waals surface area contributed by atoms with Gasteiger partial charge in [-0.25, -0.2) is 4.98 Å². The number of carbonyl (C=O) groups excluding carboxylic acids is 2. The minimum atomic E-state index is -0.660. The number of hydrogen-bond donors (Lipinski definition) is 4. The third-order valence-electron chi connectivity index (χ3n) is 4.89. The molecule has 1 aliphatic rings. The lowest BCUT2D eigenvalue weighted by Crippen LogP contribution is -2.37. The van der Waals surface area contributed by atoms with Gasteiger partial charge in [-0.05, 0) is 42.0 Å². The van der Waals surface area contributed by atoms with Crippen molar-refractivity contribution in [2.24, 2.45) is 17.4 Å². The monoisotopic (exact) mass is 424 g/mol. The van der Waals surface area contributed by atoms with Crippen LogP contribution >= 0.6 is 0 Å². The van der Waals surface area contributed by atoms with E-state index < -0.39 is 17.9 Å². The molecule has 1 aromatic carbocycles. The summed E-state index contributed by atoms with van der Waals surface area (Å²) < 4.78 is 5.35. The van der Waals surface area contributed by atoms with Crippen LogP contribution in [0.15, 0.2) is 36.5 Å². The summed E-state index contributed by atoms with van der Waals surface area (Å²) in [4.78, 5) is 32.1. The maximum absolute atomic E-state index is 11.8. The molecular weight excluding hydrogens is 396 g/mol. The molecule has 2 heterocycles. The van der Waals surface area contributed by atoms with E-state index in [-0.39, 0.29) is 23.2 Å². The van der Waals surface area contributed by atoms with Crippen LogP contribution in [0.1, 0.15) is 42.6 Å². The highest BCUT2D eigenvalue weighted by molar-refractivity contribution is 5.98. The quantitative estimate of drug-likeness (QED) is 0.484. The third-order valence-corrected chi connectivity index (χ3v) is 4.89. The van der Waals surface area contributed by atoms with Crippen LogP contribution < -0.4 is 22.1 Å². The van der Waals surface area contributed by atoms with Crippen molar-refractivity contribution in [3.8, 4) is 0 Å². The molecule has 1 atom stereocenters. The van der Waals surface area contributed by atoms with E-state index in [4.69, 9.17) is 16.2 Å². The zero-order valence-electron chi connectivity index (χ0n) is 17.7. The lowest BCUT2D eigenvalue weighted by Gasteiger charge is -2.18. The molecule has 9 nitrogen and oxygen atoms in total. The number of carbonyl (C=O) groups is 2. The molecule has 31 heavy (non-hydrogen) atoms. The molecule has 0 aliphatic carbocycles. The molecule has 0 spiro atoms. The summed E-state index contributed by atoms with van der Waals surface area (Å²) >= 11 is 0. The van der Waals surface area contributed by atoms with Crippen molar-refractivity contribution in [2.75, 3.05) is 23.8 Å². The molecule has 3 rings (SSSR count). The van der Waals surface area contributed by atoms with Gasteiger partial charge in [0.05, 0.1) is 13.2 Å². The molecule has 2 amide bonds. The fourth-order valence-corrected chi connectivity index (χ4v) is 3.29. The van der Waals surface area contributed by atoms with Gasteiger partial charge < -0.3 is 26.8 Å². The van der Waals surface area contributed by atoms with Gasteiger partial charge in [0.15, 0.2) is 0 Å². The molecule has 0 fully saturated rings. The SMILES string of the molecule is CC(C)C[C@@H](Nc1ncc(C(N)=O)c(Nc2ccc(C3=CCOCC3)cc2)n1)C(N)=O. The molecule has 164 valence electrons. The second-order valence-electron chi connectivity index (χ2n) is 7.81. The number of nitrogens with two attached hydrogens (primary N) is 2. The summed E-state index contributed by atoms with van der Waals surface area (Å²) in [7, 11) is 0. The van der Waals surface area contributed by atoms with Crippen LogP contribution in [0, 0.1) is 5.92 Å². The smallest absolute Gasteiger partial charge is 0.254 e.